The molecule has 2 aromatic rings. The monoisotopic (exact) mass is 233 g/mol. The number of fused-ring (bicyclic) bond motifs is 1. The minimum atomic E-state index is 0.139. The van der Waals surface area contributed by atoms with Gasteiger partial charge in [0.1, 0.15) is 5.52 Å². The third kappa shape index (κ3) is 2.67. The Balaban J connectivity index is 2.34. The summed E-state index contributed by atoms with van der Waals surface area (Å²) in [5.41, 5.74) is 3.20. The van der Waals surface area contributed by atoms with E-state index >= 15 is 0 Å². The van der Waals surface area contributed by atoms with E-state index < -0.39 is 0 Å². The van der Waals surface area contributed by atoms with E-state index in [-0.39, 0.29) is 5.41 Å². The molecule has 0 amide bonds. The van der Waals surface area contributed by atoms with Crippen LogP contribution in [0.5, 0.6) is 0 Å². The average Bonchev–Trinajstić information content (AvgIpc) is 2.66. The lowest BCUT2D eigenvalue weighted by molar-refractivity contribution is 0.196. The highest BCUT2D eigenvalue weighted by atomic mass is 16.5. The summed E-state index contributed by atoms with van der Waals surface area (Å²) in [6.45, 7) is 7.22. The van der Waals surface area contributed by atoms with Gasteiger partial charge < -0.3 is 9.15 Å². The second-order valence-corrected chi connectivity index (χ2v) is 5.28. The van der Waals surface area contributed by atoms with Crippen molar-refractivity contribution in [2.45, 2.75) is 32.6 Å². The zero-order chi connectivity index (χ0) is 12.5. The molecule has 0 radical (unpaired) electrons. The van der Waals surface area contributed by atoms with E-state index in [1.807, 2.05) is 6.07 Å². The third-order valence-electron chi connectivity index (χ3n) is 2.82. The maximum absolute atomic E-state index is 5.65. The summed E-state index contributed by atoms with van der Waals surface area (Å²) in [6.07, 6.45) is 0.718. The van der Waals surface area contributed by atoms with Crippen LogP contribution in [0.3, 0.4) is 0 Å². The van der Waals surface area contributed by atoms with Crippen LogP contribution < -0.4 is 0 Å². The third-order valence-corrected chi connectivity index (χ3v) is 2.82. The van der Waals surface area contributed by atoms with Gasteiger partial charge in [0.05, 0.1) is 6.61 Å². The fourth-order valence-electron chi connectivity index (χ4n) is 1.74. The molecule has 0 unspecified atom stereocenters. The molecule has 2 rings (SSSR count). The lowest BCUT2D eigenvalue weighted by Crippen LogP contribution is -2.10. The van der Waals surface area contributed by atoms with Gasteiger partial charge in [-0.3, -0.25) is 0 Å². The molecule has 0 aliphatic carbocycles. The van der Waals surface area contributed by atoms with Crippen LogP contribution in [-0.4, -0.2) is 18.7 Å². The fourth-order valence-corrected chi connectivity index (χ4v) is 1.74. The molecule has 0 bridgehead atoms. The molecule has 92 valence electrons. The Morgan fingerprint density at radius 3 is 2.71 bits per heavy atom. The van der Waals surface area contributed by atoms with Crippen molar-refractivity contribution in [2.75, 3.05) is 13.7 Å². The standard InChI is InChI=1S/C14H19NO2/c1-14(2,3)10-5-6-12-11(9-10)15-13(17-12)7-8-16-4/h5-6,9H,7-8H2,1-4H3. The quantitative estimate of drug-likeness (QED) is 0.815. The zero-order valence-electron chi connectivity index (χ0n) is 10.9. The number of benzene rings is 1. The van der Waals surface area contributed by atoms with Gasteiger partial charge in [0.15, 0.2) is 11.5 Å². The number of oxazole rings is 1. The molecule has 3 heteroatoms. The van der Waals surface area contributed by atoms with Crippen LogP contribution in [0.1, 0.15) is 32.2 Å². The van der Waals surface area contributed by atoms with Crippen LogP contribution in [-0.2, 0) is 16.6 Å². The Morgan fingerprint density at radius 1 is 1.29 bits per heavy atom. The van der Waals surface area contributed by atoms with Crippen LogP contribution in [0.4, 0.5) is 0 Å². The van der Waals surface area contributed by atoms with Crippen molar-refractivity contribution in [3.63, 3.8) is 0 Å². The molecular formula is C14H19NO2. The molecule has 0 aliphatic heterocycles. The largest absolute Gasteiger partial charge is 0.441 e. The molecule has 0 spiro atoms. The number of nitrogens with zero attached hydrogens (tertiary/aromatic N) is 1. The Morgan fingerprint density at radius 2 is 2.06 bits per heavy atom. The zero-order valence-corrected chi connectivity index (χ0v) is 10.9. The van der Waals surface area contributed by atoms with E-state index in [0.717, 1.165) is 23.4 Å². The average molecular weight is 233 g/mol. The van der Waals surface area contributed by atoms with Crippen molar-refractivity contribution >= 4 is 11.1 Å². The van der Waals surface area contributed by atoms with E-state index in [1.54, 1.807) is 7.11 Å². The van der Waals surface area contributed by atoms with Crippen molar-refractivity contribution in [3.05, 3.63) is 29.7 Å². The minimum Gasteiger partial charge on any atom is -0.441 e. The predicted octanol–water partition coefficient (Wildman–Crippen LogP) is 3.31. The van der Waals surface area contributed by atoms with E-state index in [2.05, 4.69) is 37.9 Å². The molecule has 0 saturated heterocycles. The summed E-state index contributed by atoms with van der Waals surface area (Å²) in [5.74, 6) is 0.743. The van der Waals surface area contributed by atoms with Gasteiger partial charge in [0.2, 0.25) is 0 Å². The molecular weight excluding hydrogens is 214 g/mol. The summed E-state index contributed by atoms with van der Waals surface area (Å²) in [6, 6.07) is 6.21. The molecule has 0 fully saturated rings. The minimum absolute atomic E-state index is 0.139. The first kappa shape index (κ1) is 12.1. The number of hydrogen-bond donors (Lipinski definition) is 0. The Labute approximate surface area is 102 Å². The smallest absolute Gasteiger partial charge is 0.197 e. The lowest BCUT2D eigenvalue weighted by Gasteiger charge is -2.18. The number of ether oxygens (including phenoxy) is 1. The van der Waals surface area contributed by atoms with E-state index in [4.69, 9.17) is 9.15 Å². The molecule has 3 nitrogen and oxygen atoms in total. The van der Waals surface area contributed by atoms with Crippen LogP contribution in [0.2, 0.25) is 0 Å². The molecule has 17 heavy (non-hydrogen) atoms. The van der Waals surface area contributed by atoms with E-state index in [9.17, 15) is 0 Å². The van der Waals surface area contributed by atoms with Crippen molar-refractivity contribution in [2.24, 2.45) is 0 Å². The maximum Gasteiger partial charge on any atom is 0.197 e. The first-order valence-corrected chi connectivity index (χ1v) is 5.89. The molecule has 1 heterocycles. The van der Waals surface area contributed by atoms with Gasteiger partial charge in [0, 0.05) is 13.5 Å². The number of aromatic nitrogens is 1. The second-order valence-electron chi connectivity index (χ2n) is 5.28. The SMILES string of the molecule is COCCc1nc2cc(C(C)(C)C)ccc2o1. The van der Waals surface area contributed by atoms with Gasteiger partial charge >= 0.3 is 0 Å². The molecule has 0 N–H and O–H groups in total. The summed E-state index contributed by atoms with van der Waals surface area (Å²) in [7, 11) is 1.68. The second kappa shape index (κ2) is 4.49. The van der Waals surface area contributed by atoms with Crippen LogP contribution in [0.25, 0.3) is 11.1 Å². The molecule has 0 atom stereocenters. The lowest BCUT2D eigenvalue weighted by atomic mass is 9.87. The number of rotatable bonds is 3. The highest BCUT2D eigenvalue weighted by Gasteiger charge is 2.15. The first-order chi connectivity index (χ1) is 8.00. The topological polar surface area (TPSA) is 35.3 Å². The van der Waals surface area contributed by atoms with Gasteiger partial charge in [-0.25, -0.2) is 4.98 Å². The molecule has 1 aromatic carbocycles. The van der Waals surface area contributed by atoms with Crippen molar-refractivity contribution in [3.8, 4) is 0 Å². The maximum atomic E-state index is 5.65. The summed E-state index contributed by atoms with van der Waals surface area (Å²) >= 11 is 0. The van der Waals surface area contributed by atoms with Gasteiger partial charge in [0.25, 0.3) is 0 Å². The first-order valence-electron chi connectivity index (χ1n) is 5.89. The molecule has 0 aliphatic rings. The normalized spacial score (nSPS) is 12.2. The van der Waals surface area contributed by atoms with Gasteiger partial charge in [-0.1, -0.05) is 26.8 Å². The Kier molecular flexibility index (Phi) is 3.20. The summed E-state index contributed by atoms with van der Waals surface area (Å²) < 4.78 is 10.7. The molecule has 1 aromatic heterocycles. The summed E-state index contributed by atoms with van der Waals surface area (Å²) in [4.78, 5) is 4.48. The molecule has 0 saturated carbocycles. The number of hydrogen-bond acceptors (Lipinski definition) is 3. The van der Waals surface area contributed by atoms with Crippen molar-refractivity contribution < 1.29 is 9.15 Å². The number of methoxy groups -OCH3 is 1. The highest BCUT2D eigenvalue weighted by Crippen LogP contribution is 2.26. The van der Waals surface area contributed by atoms with Crippen LogP contribution >= 0.6 is 0 Å². The van der Waals surface area contributed by atoms with Crippen molar-refractivity contribution in [1.29, 1.82) is 0 Å². The summed E-state index contributed by atoms with van der Waals surface area (Å²) in [5, 5.41) is 0. The van der Waals surface area contributed by atoms with E-state index in [1.165, 1.54) is 5.56 Å². The van der Waals surface area contributed by atoms with Gasteiger partial charge in [-0.15, -0.1) is 0 Å². The van der Waals surface area contributed by atoms with Crippen LogP contribution in [0.15, 0.2) is 22.6 Å². The van der Waals surface area contributed by atoms with Crippen molar-refractivity contribution in [1.82, 2.24) is 4.98 Å². The predicted molar refractivity (Wildman–Crippen MR) is 68.3 cm³/mol. The highest BCUT2D eigenvalue weighted by molar-refractivity contribution is 5.73. The fraction of sp³-hybridized carbons (Fsp3) is 0.500. The van der Waals surface area contributed by atoms with Gasteiger partial charge in [-0.2, -0.15) is 0 Å². The van der Waals surface area contributed by atoms with Crippen LogP contribution in [0, 0.1) is 0 Å². The Hall–Kier alpha value is -1.35. The Bertz CT molecular complexity index is 508. The van der Waals surface area contributed by atoms with Gasteiger partial charge in [-0.05, 0) is 23.1 Å². The van der Waals surface area contributed by atoms with E-state index in [0.29, 0.717) is 6.61 Å².